The van der Waals surface area contributed by atoms with Crippen molar-refractivity contribution in [3.63, 3.8) is 0 Å². The number of pyridine rings is 1. The van der Waals surface area contributed by atoms with Crippen molar-refractivity contribution in [3.8, 4) is 10.6 Å². The van der Waals surface area contributed by atoms with E-state index in [4.69, 9.17) is 9.72 Å². The van der Waals surface area contributed by atoms with Gasteiger partial charge in [0.25, 0.3) is 5.91 Å². The van der Waals surface area contributed by atoms with Gasteiger partial charge in [-0.05, 0) is 32.4 Å². The third kappa shape index (κ3) is 4.29. The first-order valence-electron chi connectivity index (χ1n) is 9.31. The average Bonchev–Trinajstić information content (AvgIpc) is 3.17. The lowest BCUT2D eigenvalue weighted by Gasteiger charge is -2.19. The highest BCUT2D eigenvalue weighted by atomic mass is 32.1. The second-order valence-electron chi connectivity index (χ2n) is 6.75. The van der Waals surface area contributed by atoms with Crippen LogP contribution in [-0.4, -0.2) is 52.1 Å². The third-order valence-corrected chi connectivity index (χ3v) is 6.55. The molecule has 4 rings (SSSR count). The number of ether oxygens (including phenoxy) is 1. The highest BCUT2D eigenvalue weighted by Gasteiger charge is 2.18. The van der Waals surface area contributed by atoms with E-state index in [2.05, 4.69) is 15.3 Å². The first-order valence-corrected chi connectivity index (χ1v) is 11.0. The molecule has 8 heteroatoms. The van der Waals surface area contributed by atoms with Gasteiger partial charge in [0.05, 0.1) is 38.5 Å². The van der Waals surface area contributed by atoms with Crippen molar-refractivity contribution in [2.24, 2.45) is 0 Å². The van der Waals surface area contributed by atoms with E-state index in [1.54, 1.807) is 28.9 Å². The SMILES string of the molecule is Cc1nc(C)c(-c2csc(Cc3ccc(C(=O)N4CCCOCC4)cn3)n2)s1. The summed E-state index contributed by atoms with van der Waals surface area (Å²) in [5, 5.41) is 4.14. The number of carbonyl (C=O) groups excluding carboxylic acids is 1. The number of nitrogens with zero attached hydrogens (tertiary/aromatic N) is 4. The Labute approximate surface area is 172 Å². The van der Waals surface area contributed by atoms with Crippen LogP contribution in [0.3, 0.4) is 0 Å². The topological polar surface area (TPSA) is 68.2 Å². The Morgan fingerprint density at radius 1 is 1.21 bits per heavy atom. The zero-order valence-corrected chi connectivity index (χ0v) is 17.6. The monoisotopic (exact) mass is 414 g/mol. The highest BCUT2D eigenvalue weighted by molar-refractivity contribution is 7.15. The third-order valence-electron chi connectivity index (χ3n) is 4.60. The van der Waals surface area contributed by atoms with Gasteiger partial charge in [-0.25, -0.2) is 9.97 Å². The summed E-state index contributed by atoms with van der Waals surface area (Å²) in [7, 11) is 0. The molecule has 6 nitrogen and oxygen atoms in total. The van der Waals surface area contributed by atoms with Gasteiger partial charge >= 0.3 is 0 Å². The zero-order valence-electron chi connectivity index (χ0n) is 16.0. The summed E-state index contributed by atoms with van der Waals surface area (Å²) in [4.78, 5) is 29.3. The molecule has 0 bridgehead atoms. The minimum Gasteiger partial charge on any atom is -0.380 e. The maximum absolute atomic E-state index is 12.6. The largest absolute Gasteiger partial charge is 0.380 e. The number of rotatable bonds is 4. The minimum absolute atomic E-state index is 0.0251. The van der Waals surface area contributed by atoms with Crippen LogP contribution in [0.1, 0.15) is 38.2 Å². The summed E-state index contributed by atoms with van der Waals surface area (Å²) in [5.74, 6) is 0.0251. The van der Waals surface area contributed by atoms with Crippen LogP contribution in [0.15, 0.2) is 23.7 Å². The lowest BCUT2D eigenvalue weighted by atomic mass is 10.2. The Kier molecular flexibility index (Phi) is 5.79. The van der Waals surface area contributed by atoms with Gasteiger partial charge in [0.2, 0.25) is 0 Å². The summed E-state index contributed by atoms with van der Waals surface area (Å²) in [6.07, 6.45) is 3.21. The molecule has 146 valence electrons. The Morgan fingerprint density at radius 3 is 2.86 bits per heavy atom. The molecule has 1 aliphatic rings. The summed E-state index contributed by atoms with van der Waals surface area (Å²) < 4.78 is 5.42. The first-order chi connectivity index (χ1) is 13.6. The standard InChI is InChI=1S/C20H22N4O2S2/c1-13-19(28-14(2)22-13)17-12-27-18(23-17)10-16-5-4-15(11-21-16)20(25)24-6-3-8-26-9-7-24/h4-5,11-12H,3,6-10H2,1-2H3. The van der Waals surface area contributed by atoms with Gasteiger partial charge in [-0.1, -0.05) is 0 Å². The number of thiazole rings is 2. The predicted molar refractivity (Wildman–Crippen MR) is 111 cm³/mol. The summed E-state index contributed by atoms with van der Waals surface area (Å²) in [6.45, 7) is 6.73. The molecule has 0 N–H and O–H groups in total. The first kappa shape index (κ1) is 19.2. The van der Waals surface area contributed by atoms with Crippen LogP contribution in [0.25, 0.3) is 10.6 Å². The van der Waals surface area contributed by atoms with Gasteiger partial charge in [-0.3, -0.25) is 9.78 Å². The zero-order chi connectivity index (χ0) is 19.5. The second kappa shape index (κ2) is 8.46. The van der Waals surface area contributed by atoms with Crippen LogP contribution in [0.2, 0.25) is 0 Å². The van der Waals surface area contributed by atoms with Gasteiger partial charge in [0.1, 0.15) is 0 Å². The lowest BCUT2D eigenvalue weighted by Crippen LogP contribution is -2.33. The lowest BCUT2D eigenvalue weighted by molar-refractivity contribution is 0.0741. The second-order valence-corrected chi connectivity index (χ2v) is 8.89. The number of hydrogen-bond acceptors (Lipinski definition) is 7. The maximum Gasteiger partial charge on any atom is 0.255 e. The maximum atomic E-state index is 12.6. The van der Waals surface area contributed by atoms with E-state index in [1.165, 1.54) is 0 Å². The Morgan fingerprint density at radius 2 is 2.11 bits per heavy atom. The number of aryl methyl sites for hydroxylation is 2. The van der Waals surface area contributed by atoms with Crippen molar-refractivity contribution >= 4 is 28.6 Å². The molecule has 4 heterocycles. The van der Waals surface area contributed by atoms with E-state index in [-0.39, 0.29) is 5.91 Å². The van der Waals surface area contributed by atoms with E-state index in [0.29, 0.717) is 25.1 Å². The van der Waals surface area contributed by atoms with Crippen molar-refractivity contribution in [2.75, 3.05) is 26.3 Å². The molecular weight excluding hydrogens is 392 g/mol. The summed E-state index contributed by atoms with van der Waals surface area (Å²) in [6, 6.07) is 3.78. The molecule has 3 aromatic heterocycles. The summed E-state index contributed by atoms with van der Waals surface area (Å²) in [5.41, 5.74) is 3.55. The molecule has 0 aliphatic carbocycles. The molecule has 1 amide bonds. The van der Waals surface area contributed by atoms with Crippen molar-refractivity contribution in [3.05, 3.63) is 50.7 Å². The quantitative estimate of drug-likeness (QED) is 0.651. The molecule has 0 unspecified atom stereocenters. The molecule has 0 radical (unpaired) electrons. The van der Waals surface area contributed by atoms with Crippen molar-refractivity contribution in [1.29, 1.82) is 0 Å². The minimum atomic E-state index is 0.0251. The van der Waals surface area contributed by atoms with E-state index >= 15 is 0 Å². The number of hydrogen-bond donors (Lipinski definition) is 0. The molecular formula is C20H22N4O2S2. The molecule has 3 aromatic rings. The van der Waals surface area contributed by atoms with Crippen LogP contribution in [0, 0.1) is 13.8 Å². The normalized spacial score (nSPS) is 14.9. The molecule has 0 aromatic carbocycles. The Bertz CT molecular complexity index is 957. The molecule has 1 aliphatic heterocycles. The van der Waals surface area contributed by atoms with Gasteiger partial charge in [0, 0.05) is 43.4 Å². The molecule has 1 fully saturated rings. The van der Waals surface area contributed by atoms with Gasteiger partial charge in [0.15, 0.2) is 0 Å². The molecule has 0 atom stereocenters. The number of amides is 1. The molecule has 28 heavy (non-hydrogen) atoms. The molecule has 1 saturated heterocycles. The number of aromatic nitrogens is 3. The predicted octanol–water partition coefficient (Wildman–Crippen LogP) is 3.73. The van der Waals surface area contributed by atoms with E-state index in [1.807, 2.05) is 30.9 Å². The molecule has 0 saturated carbocycles. The fourth-order valence-corrected chi connectivity index (χ4v) is 4.96. The highest BCUT2D eigenvalue weighted by Crippen LogP contribution is 2.31. The van der Waals surface area contributed by atoms with Crippen molar-refractivity contribution < 1.29 is 9.53 Å². The number of carbonyl (C=O) groups is 1. The van der Waals surface area contributed by atoms with E-state index in [0.717, 1.165) is 51.5 Å². The van der Waals surface area contributed by atoms with E-state index < -0.39 is 0 Å². The van der Waals surface area contributed by atoms with Gasteiger partial charge < -0.3 is 9.64 Å². The Balaban J connectivity index is 1.43. The summed E-state index contributed by atoms with van der Waals surface area (Å²) >= 11 is 3.31. The van der Waals surface area contributed by atoms with Crippen molar-refractivity contribution in [1.82, 2.24) is 19.9 Å². The fraction of sp³-hybridized carbons (Fsp3) is 0.400. The van der Waals surface area contributed by atoms with Gasteiger partial charge in [-0.2, -0.15) is 0 Å². The van der Waals surface area contributed by atoms with Crippen LogP contribution in [0.5, 0.6) is 0 Å². The van der Waals surface area contributed by atoms with E-state index in [9.17, 15) is 4.79 Å². The van der Waals surface area contributed by atoms with Crippen LogP contribution in [-0.2, 0) is 11.2 Å². The van der Waals surface area contributed by atoms with Crippen LogP contribution < -0.4 is 0 Å². The van der Waals surface area contributed by atoms with Crippen LogP contribution in [0.4, 0.5) is 0 Å². The van der Waals surface area contributed by atoms with Crippen LogP contribution >= 0.6 is 22.7 Å². The fourth-order valence-electron chi connectivity index (χ4n) is 3.21. The smallest absolute Gasteiger partial charge is 0.255 e. The molecule has 0 spiro atoms. The Hall–Kier alpha value is -2.16. The van der Waals surface area contributed by atoms with Gasteiger partial charge in [-0.15, -0.1) is 22.7 Å². The average molecular weight is 415 g/mol. The van der Waals surface area contributed by atoms with Crippen molar-refractivity contribution in [2.45, 2.75) is 26.7 Å².